The number of halogens is 1. The van der Waals surface area contributed by atoms with Crippen LogP contribution >= 0.6 is 24.0 Å². The normalized spacial score (nSPS) is 18.0. The van der Waals surface area contributed by atoms with Crippen LogP contribution in [0, 0.1) is 11.8 Å². The Bertz CT molecular complexity index is 624. The zero-order valence-corrected chi connectivity index (χ0v) is 19.2. The van der Waals surface area contributed by atoms with E-state index < -0.39 is 0 Å². The van der Waals surface area contributed by atoms with Gasteiger partial charge in [-0.3, -0.25) is 9.79 Å². The van der Waals surface area contributed by atoms with Crippen LogP contribution in [0.1, 0.15) is 32.3 Å². The van der Waals surface area contributed by atoms with E-state index >= 15 is 0 Å². The molecule has 1 saturated heterocycles. The molecule has 1 aromatic carbocycles. The van der Waals surface area contributed by atoms with E-state index in [0.29, 0.717) is 12.5 Å². The lowest BCUT2D eigenvalue weighted by Crippen LogP contribution is -2.39. The maximum atomic E-state index is 12.1. The van der Waals surface area contributed by atoms with Crippen LogP contribution in [0.5, 0.6) is 0 Å². The third-order valence-corrected chi connectivity index (χ3v) is 4.90. The molecule has 2 rings (SSSR count). The Kier molecular flexibility index (Phi) is 10.7. The van der Waals surface area contributed by atoms with Crippen LogP contribution in [-0.4, -0.2) is 50.6 Å². The Labute approximate surface area is 180 Å². The summed E-state index contributed by atoms with van der Waals surface area (Å²) in [5, 5.41) is 6.42. The molecule has 2 atom stereocenters. The van der Waals surface area contributed by atoms with E-state index in [0.717, 1.165) is 49.7 Å². The molecule has 2 unspecified atom stereocenters. The highest BCUT2D eigenvalue weighted by Crippen LogP contribution is 2.17. The third-order valence-electron chi connectivity index (χ3n) is 4.90. The number of hydrogen-bond acceptors (Lipinski definition) is 3. The molecule has 1 aliphatic heterocycles. The maximum absolute atomic E-state index is 12.1. The fourth-order valence-electron chi connectivity index (χ4n) is 3.12. The molecule has 1 heterocycles. The van der Waals surface area contributed by atoms with Gasteiger partial charge in [0, 0.05) is 51.3 Å². The number of aliphatic imine (C=N–C) groups is 1. The highest BCUT2D eigenvalue weighted by atomic mass is 127. The van der Waals surface area contributed by atoms with Crippen molar-refractivity contribution in [2.24, 2.45) is 16.8 Å². The zero-order chi connectivity index (χ0) is 18.9. The van der Waals surface area contributed by atoms with Gasteiger partial charge in [-0.25, -0.2) is 0 Å². The summed E-state index contributed by atoms with van der Waals surface area (Å²) in [4.78, 5) is 18.7. The van der Waals surface area contributed by atoms with Gasteiger partial charge in [-0.1, -0.05) is 26.0 Å². The smallest absolute Gasteiger partial charge is 0.227 e. The second-order valence-electron chi connectivity index (χ2n) is 6.96. The van der Waals surface area contributed by atoms with Crippen LogP contribution in [0.2, 0.25) is 0 Å². The Balaban J connectivity index is 0.00000364. The van der Waals surface area contributed by atoms with Crippen molar-refractivity contribution < 1.29 is 9.53 Å². The molecular formula is C20H33IN4O2. The quantitative estimate of drug-likeness (QED) is 0.351. The van der Waals surface area contributed by atoms with Crippen LogP contribution in [0.25, 0.3) is 0 Å². The number of guanidine groups is 1. The molecule has 1 amide bonds. The number of methoxy groups -OCH3 is 1. The van der Waals surface area contributed by atoms with Gasteiger partial charge in [-0.2, -0.15) is 0 Å². The van der Waals surface area contributed by atoms with Gasteiger partial charge in [0.05, 0.1) is 6.61 Å². The summed E-state index contributed by atoms with van der Waals surface area (Å²) in [7, 11) is 3.57. The summed E-state index contributed by atoms with van der Waals surface area (Å²) >= 11 is 0. The standard InChI is InChI=1S/C20H32N4O2.HI/c1-5-15(2)19(25)23-18-8-6-7-16(11-18)12-22-20(21-3)24-10-9-17(13-24)14-26-4;/h6-8,11,15,17H,5,9-10,12-14H2,1-4H3,(H,21,22)(H,23,25);1H. The molecule has 27 heavy (non-hydrogen) atoms. The number of benzene rings is 1. The van der Waals surface area contributed by atoms with E-state index in [1.807, 2.05) is 39.1 Å². The van der Waals surface area contributed by atoms with Gasteiger partial charge >= 0.3 is 0 Å². The van der Waals surface area contributed by atoms with Crippen molar-refractivity contribution in [3.63, 3.8) is 0 Å². The van der Waals surface area contributed by atoms with Crippen molar-refractivity contribution >= 4 is 41.5 Å². The average Bonchev–Trinajstić information content (AvgIpc) is 3.10. The number of likely N-dealkylation sites (tertiary alicyclic amines) is 1. The first-order valence-electron chi connectivity index (χ1n) is 9.41. The highest BCUT2D eigenvalue weighted by Gasteiger charge is 2.24. The minimum absolute atomic E-state index is 0. The molecule has 152 valence electrons. The molecule has 7 heteroatoms. The third kappa shape index (κ3) is 7.29. The van der Waals surface area contributed by atoms with Crippen molar-refractivity contribution in [3.05, 3.63) is 29.8 Å². The fraction of sp³-hybridized carbons (Fsp3) is 0.600. The fourth-order valence-corrected chi connectivity index (χ4v) is 3.12. The summed E-state index contributed by atoms with van der Waals surface area (Å²) in [5.74, 6) is 1.57. The van der Waals surface area contributed by atoms with E-state index in [4.69, 9.17) is 4.74 Å². The summed E-state index contributed by atoms with van der Waals surface area (Å²) in [5.41, 5.74) is 1.95. The molecule has 6 nitrogen and oxygen atoms in total. The first-order valence-corrected chi connectivity index (χ1v) is 9.41. The number of carbonyl (C=O) groups is 1. The molecule has 0 bridgehead atoms. The van der Waals surface area contributed by atoms with Gasteiger partial charge < -0.3 is 20.3 Å². The van der Waals surface area contributed by atoms with E-state index in [-0.39, 0.29) is 35.8 Å². The molecule has 0 aromatic heterocycles. The summed E-state index contributed by atoms with van der Waals surface area (Å²) in [6.07, 6.45) is 1.97. The molecule has 0 spiro atoms. The minimum Gasteiger partial charge on any atom is -0.384 e. The Hall–Kier alpha value is -1.35. The van der Waals surface area contributed by atoms with Gasteiger partial charge in [0.15, 0.2) is 5.96 Å². The minimum atomic E-state index is 0. The zero-order valence-electron chi connectivity index (χ0n) is 16.8. The molecule has 1 fully saturated rings. The molecular weight excluding hydrogens is 455 g/mol. The molecule has 1 aliphatic rings. The molecule has 2 N–H and O–H groups in total. The van der Waals surface area contributed by atoms with Crippen molar-refractivity contribution in [2.75, 3.05) is 39.2 Å². The Morgan fingerprint density at radius 1 is 1.44 bits per heavy atom. The predicted molar refractivity (Wildman–Crippen MR) is 122 cm³/mol. The van der Waals surface area contributed by atoms with Gasteiger partial charge in [0.25, 0.3) is 0 Å². The van der Waals surface area contributed by atoms with Gasteiger partial charge in [0.2, 0.25) is 5.91 Å². The lowest BCUT2D eigenvalue weighted by molar-refractivity contribution is -0.119. The largest absolute Gasteiger partial charge is 0.384 e. The number of rotatable bonds is 7. The lowest BCUT2D eigenvalue weighted by Gasteiger charge is -2.22. The van der Waals surface area contributed by atoms with E-state index in [1.165, 1.54) is 0 Å². The van der Waals surface area contributed by atoms with Gasteiger partial charge in [-0.15, -0.1) is 24.0 Å². The molecule has 0 radical (unpaired) electrons. The Morgan fingerprint density at radius 2 is 2.22 bits per heavy atom. The summed E-state index contributed by atoms with van der Waals surface area (Å²) < 4.78 is 5.26. The van der Waals surface area contributed by atoms with Crippen LogP contribution in [0.4, 0.5) is 5.69 Å². The van der Waals surface area contributed by atoms with Crippen molar-refractivity contribution in [2.45, 2.75) is 33.2 Å². The number of nitrogens with one attached hydrogen (secondary N) is 2. The number of carbonyl (C=O) groups excluding carboxylic acids is 1. The SMILES string of the molecule is CCC(C)C(=O)Nc1cccc(CNC(=NC)N2CCC(COC)C2)c1.I. The Morgan fingerprint density at radius 3 is 2.89 bits per heavy atom. The second-order valence-corrected chi connectivity index (χ2v) is 6.96. The first kappa shape index (κ1) is 23.7. The summed E-state index contributed by atoms with van der Waals surface area (Å²) in [6, 6.07) is 7.96. The van der Waals surface area contributed by atoms with Gasteiger partial charge in [0.1, 0.15) is 0 Å². The van der Waals surface area contributed by atoms with E-state index in [9.17, 15) is 4.79 Å². The first-order chi connectivity index (χ1) is 12.6. The molecule has 1 aromatic rings. The predicted octanol–water partition coefficient (Wildman–Crippen LogP) is 3.33. The van der Waals surface area contributed by atoms with Crippen molar-refractivity contribution in [1.29, 1.82) is 0 Å². The number of amides is 1. The van der Waals surface area contributed by atoms with Crippen molar-refractivity contribution in [1.82, 2.24) is 10.2 Å². The van der Waals surface area contributed by atoms with Crippen molar-refractivity contribution in [3.8, 4) is 0 Å². The van der Waals surface area contributed by atoms with E-state index in [1.54, 1.807) is 7.11 Å². The number of anilines is 1. The monoisotopic (exact) mass is 488 g/mol. The maximum Gasteiger partial charge on any atom is 0.227 e. The highest BCUT2D eigenvalue weighted by molar-refractivity contribution is 14.0. The number of ether oxygens (including phenoxy) is 1. The van der Waals surface area contributed by atoms with Crippen LogP contribution in [-0.2, 0) is 16.1 Å². The van der Waals surface area contributed by atoms with Gasteiger partial charge in [-0.05, 0) is 30.5 Å². The van der Waals surface area contributed by atoms with Crippen LogP contribution < -0.4 is 10.6 Å². The number of nitrogens with zero attached hydrogens (tertiary/aromatic N) is 2. The van der Waals surface area contributed by atoms with Crippen LogP contribution in [0.15, 0.2) is 29.3 Å². The average molecular weight is 488 g/mol. The topological polar surface area (TPSA) is 66.0 Å². The van der Waals surface area contributed by atoms with E-state index in [2.05, 4.69) is 26.6 Å². The molecule has 0 aliphatic carbocycles. The second kappa shape index (κ2) is 12.2. The number of hydrogen-bond donors (Lipinski definition) is 2. The van der Waals surface area contributed by atoms with Crippen LogP contribution in [0.3, 0.4) is 0 Å². The molecule has 0 saturated carbocycles. The lowest BCUT2D eigenvalue weighted by atomic mass is 10.1. The summed E-state index contributed by atoms with van der Waals surface area (Å²) in [6.45, 7) is 7.40.